The lowest BCUT2D eigenvalue weighted by molar-refractivity contribution is 0.759. The van der Waals surface area contributed by atoms with Gasteiger partial charge in [0.15, 0.2) is 0 Å². The zero-order chi connectivity index (χ0) is 16.0. The summed E-state index contributed by atoms with van der Waals surface area (Å²) in [5.41, 5.74) is 2.72. The van der Waals surface area contributed by atoms with Gasteiger partial charge in [-0.1, -0.05) is 85.1 Å². The molecule has 2 heterocycles. The highest BCUT2D eigenvalue weighted by Gasteiger charge is 2.03. The number of rotatable bonds is 2. The van der Waals surface area contributed by atoms with Gasteiger partial charge in [-0.2, -0.15) is 5.10 Å². The maximum absolute atomic E-state index is 4.00. The van der Waals surface area contributed by atoms with Gasteiger partial charge in [0.25, 0.3) is 0 Å². The molecule has 1 aromatic rings. The van der Waals surface area contributed by atoms with Crippen LogP contribution >= 0.6 is 0 Å². The summed E-state index contributed by atoms with van der Waals surface area (Å²) in [6.07, 6.45) is 8.76. The van der Waals surface area contributed by atoms with Gasteiger partial charge in [0.2, 0.25) is 0 Å². The minimum absolute atomic E-state index is 0. The van der Waals surface area contributed by atoms with Crippen molar-refractivity contribution in [2.75, 3.05) is 0 Å². The number of allylic oxidation sites excluding steroid dienone is 1. The standard InChI is InChI=1S/C7H11N.C6H10N2.2C2H6.4CH4/c1-6(2)7-3-4-8-5-7;1-5(2)6-3-7-8-4-6;2*1-2;;;;/h4-6H,3H2,1-2H3;3-5H,1-2H3,(H,7,8);2*1-2H3;4*1H4. The van der Waals surface area contributed by atoms with E-state index in [1.807, 2.05) is 52.5 Å². The van der Waals surface area contributed by atoms with Crippen molar-refractivity contribution in [3.8, 4) is 0 Å². The summed E-state index contributed by atoms with van der Waals surface area (Å²) in [7, 11) is 0. The normalized spacial score (nSPS) is 9.83. The molecule has 3 nitrogen and oxygen atoms in total. The zero-order valence-corrected chi connectivity index (χ0v) is 14.6. The van der Waals surface area contributed by atoms with Crippen molar-refractivity contribution in [1.82, 2.24) is 10.2 Å². The summed E-state index contributed by atoms with van der Waals surface area (Å²) in [6, 6.07) is 0. The number of aromatic nitrogens is 2. The molecule has 148 valence electrons. The molecular weight excluding hydrogens is 294 g/mol. The summed E-state index contributed by atoms with van der Waals surface area (Å²) in [5, 5.41) is 6.58. The quantitative estimate of drug-likeness (QED) is 0.578. The molecule has 0 saturated heterocycles. The van der Waals surface area contributed by atoms with E-state index in [0.29, 0.717) is 11.8 Å². The molecule has 0 saturated carbocycles. The number of hydrogen-bond donors (Lipinski definition) is 1. The van der Waals surface area contributed by atoms with Gasteiger partial charge in [-0.3, -0.25) is 10.1 Å². The molecule has 1 aliphatic rings. The van der Waals surface area contributed by atoms with Gasteiger partial charge in [-0.15, -0.1) is 0 Å². The van der Waals surface area contributed by atoms with E-state index in [1.165, 1.54) is 11.1 Å². The lowest BCUT2D eigenvalue weighted by Crippen LogP contribution is -1.89. The molecule has 24 heavy (non-hydrogen) atoms. The van der Waals surface area contributed by atoms with Crippen LogP contribution in [0.3, 0.4) is 0 Å². The maximum Gasteiger partial charge on any atom is 0.0521 e. The number of aromatic amines is 1. The Balaban J connectivity index is -0.0000000491. The highest BCUT2D eigenvalue weighted by Crippen LogP contribution is 2.15. The van der Waals surface area contributed by atoms with E-state index in [0.717, 1.165) is 6.42 Å². The molecule has 3 heteroatoms. The highest BCUT2D eigenvalue weighted by atomic mass is 15.1. The largest absolute Gasteiger partial charge is 0.285 e. The third-order valence-corrected chi connectivity index (χ3v) is 2.60. The predicted octanol–water partition coefficient (Wildman–Crippen LogP) is 8.13. The monoisotopic (exact) mass is 343 g/mol. The lowest BCUT2D eigenvalue weighted by atomic mass is 10.0. The van der Waals surface area contributed by atoms with Crippen LogP contribution in [0.15, 0.2) is 29.2 Å². The topological polar surface area (TPSA) is 41.0 Å². The number of nitrogens with zero attached hydrogens (tertiary/aromatic N) is 2. The molecule has 0 radical (unpaired) electrons. The molecule has 2 rings (SSSR count). The molecule has 0 amide bonds. The van der Waals surface area contributed by atoms with E-state index < -0.39 is 0 Å². The lowest BCUT2D eigenvalue weighted by Gasteiger charge is -2.01. The number of hydrogen-bond acceptors (Lipinski definition) is 2. The van der Waals surface area contributed by atoms with Gasteiger partial charge in [0.1, 0.15) is 0 Å². The Morgan fingerprint density at radius 2 is 1.38 bits per heavy atom. The summed E-state index contributed by atoms with van der Waals surface area (Å²) < 4.78 is 0. The fraction of sp³-hybridized carbons (Fsp3) is 0.714. The molecule has 1 N–H and O–H groups in total. The van der Waals surface area contributed by atoms with Gasteiger partial charge < -0.3 is 0 Å². The van der Waals surface area contributed by atoms with Gasteiger partial charge in [-0.25, -0.2) is 0 Å². The van der Waals surface area contributed by atoms with Crippen LogP contribution in [0.5, 0.6) is 0 Å². The average Bonchev–Trinajstić information content (AvgIpc) is 3.17. The van der Waals surface area contributed by atoms with Crippen LogP contribution in [-0.2, 0) is 0 Å². The van der Waals surface area contributed by atoms with Crippen LogP contribution in [-0.4, -0.2) is 16.4 Å². The number of H-pyrrole nitrogens is 1. The Kier molecular flexibility index (Phi) is 42.3. The van der Waals surface area contributed by atoms with E-state index in [-0.39, 0.29) is 29.7 Å². The molecule has 0 bridgehead atoms. The van der Waals surface area contributed by atoms with Gasteiger partial charge in [0, 0.05) is 25.0 Å². The second-order valence-corrected chi connectivity index (χ2v) is 4.58. The first-order valence-electron chi connectivity index (χ1n) is 7.80. The minimum atomic E-state index is 0. The summed E-state index contributed by atoms with van der Waals surface area (Å²) in [4.78, 5) is 4.00. The van der Waals surface area contributed by atoms with Crippen molar-refractivity contribution in [1.29, 1.82) is 0 Å². The van der Waals surface area contributed by atoms with E-state index in [9.17, 15) is 0 Å². The van der Waals surface area contributed by atoms with Crippen molar-refractivity contribution >= 4 is 6.21 Å². The fourth-order valence-electron chi connectivity index (χ4n) is 1.32. The highest BCUT2D eigenvalue weighted by molar-refractivity contribution is 5.65. The first-order valence-corrected chi connectivity index (χ1v) is 7.80. The van der Waals surface area contributed by atoms with Crippen LogP contribution in [0.2, 0.25) is 0 Å². The summed E-state index contributed by atoms with van der Waals surface area (Å²) >= 11 is 0. The van der Waals surface area contributed by atoms with Gasteiger partial charge >= 0.3 is 0 Å². The smallest absolute Gasteiger partial charge is 0.0521 e. The average molecular weight is 344 g/mol. The van der Waals surface area contributed by atoms with E-state index in [1.54, 1.807) is 0 Å². The van der Waals surface area contributed by atoms with Crippen molar-refractivity contribution in [3.63, 3.8) is 0 Å². The molecule has 1 aromatic heterocycles. The van der Waals surface area contributed by atoms with Crippen LogP contribution in [0.4, 0.5) is 0 Å². The van der Waals surface area contributed by atoms with Crippen molar-refractivity contribution < 1.29 is 0 Å². The Morgan fingerprint density at radius 3 is 1.54 bits per heavy atom. The SMILES string of the molecule is C.C.C.C.CC.CC.CC(C)C1=CN=CC1.CC(C)c1cn[nH]c1. The third kappa shape index (κ3) is 18.7. The molecule has 0 spiro atoms. The van der Waals surface area contributed by atoms with Crippen molar-refractivity contribution in [2.45, 2.75) is 97.4 Å². The third-order valence-electron chi connectivity index (χ3n) is 2.60. The van der Waals surface area contributed by atoms with Crippen LogP contribution in [0.1, 0.15) is 103 Å². The Bertz CT molecular complexity index is 347. The Morgan fingerprint density at radius 1 is 0.875 bits per heavy atom. The van der Waals surface area contributed by atoms with Crippen LogP contribution in [0, 0.1) is 5.92 Å². The molecule has 0 aliphatic carbocycles. The first kappa shape index (κ1) is 38.3. The predicted molar refractivity (Wildman–Crippen MR) is 118 cm³/mol. The molecule has 0 unspecified atom stereocenters. The Labute approximate surface area is 155 Å². The fourth-order valence-corrected chi connectivity index (χ4v) is 1.32. The molecule has 1 aliphatic heterocycles. The number of nitrogens with one attached hydrogen (secondary N) is 1. The van der Waals surface area contributed by atoms with Gasteiger partial charge in [-0.05, 0) is 23.0 Å². The van der Waals surface area contributed by atoms with E-state index in [4.69, 9.17) is 0 Å². The minimum Gasteiger partial charge on any atom is -0.285 e. The van der Waals surface area contributed by atoms with E-state index >= 15 is 0 Å². The second-order valence-electron chi connectivity index (χ2n) is 4.58. The summed E-state index contributed by atoms with van der Waals surface area (Å²) in [5.74, 6) is 1.27. The molecular formula is C21H49N3. The Hall–Kier alpha value is -1.38. The second kappa shape index (κ2) is 26.5. The summed E-state index contributed by atoms with van der Waals surface area (Å²) in [6.45, 7) is 16.7. The van der Waals surface area contributed by atoms with Crippen molar-refractivity contribution in [3.05, 3.63) is 29.7 Å². The van der Waals surface area contributed by atoms with E-state index in [2.05, 4.69) is 42.9 Å². The maximum atomic E-state index is 4.00. The van der Waals surface area contributed by atoms with Gasteiger partial charge in [0.05, 0.1) is 6.20 Å². The zero-order valence-electron chi connectivity index (χ0n) is 14.6. The van der Waals surface area contributed by atoms with Crippen LogP contribution in [0.25, 0.3) is 0 Å². The molecule has 0 atom stereocenters. The molecule has 0 fully saturated rings. The van der Waals surface area contributed by atoms with Crippen LogP contribution < -0.4 is 0 Å². The first-order chi connectivity index (χ1) is 9.61. The number of aliphatic imine (C=N–C) groups is 1. The van der Waals surface area contributed by atoms with Crippen molar-refractivity contribution in [2.24, 2.45) is 10.9 Å². The molecule has 0 aromatic carbocycles.